The molecule has 2 N–H and O–H groups in total. The van der Waals surface area contributed by atoms with E-state index in [0.717, 1.165) is 47.2 Å². The Bertz CT molecular complexity index is 1660. The summed E-state index contributed by atoms with van der Waals surface area (Å²) in [7, 11) is 1.66. The highest BCUT2D eigenvalue weighted by atomic mass is 16.5. The number of ether oxygens (including phenoxy) is 1. The highest BCUT2D eigenvalue weighted by Gasteiger charge is 2.28. The zero-order chi connectivity index (χ0) is 24.8. The summed E-state index contributed by atoms with van der Waals surface area (Å²) in [6.07, 6.45) is 2.79. The Kier molecular flexibility index (Phi) is 5.40. The summed E-state index contributed by atoms with van der Waals surface area (Å²) in [6.45, 7) is 1.72. The number of aryl methyl sites for hydroxylation is 2. The number of hydrogen-bond donors (Lipinski definition) is 2. The summed E-state index contributed by atoms with van der Waals surface area (Å²) in [5, 5.41) is 4.34. The first-order chi connectivity index (χ1) is 17.5. The molecule has 3 heterocycles. The van der Waals surface area contributed by atoms with Gasteiger partial charge in [-0.1, -0.05) is 30.3 Å². The number of rotatable bonds is 5. The summed E-state index contributed by atoms with van der Waals surface area (Å²) in [5.41, 5.74) is 4.86. The lowest BCUT2D eigenvalue weighted by atomic mass is 9.91. The van der Waals surface area contributed by atoms with Crippen molar-refractivity contribution in [2.24, 2.45) is 0 Å². The van der Waals surface area contributed by atoms with Crippen molar-refractivity contribution in [2.45, 2.75) is 38.6 Å². The minimum absolute atomic E-state index is 0.0313. The minimum atomic E-state index is -0.261. The monoisotopic (exact) mass is 482 g/mol. The van der Waals surface area contributed by atoms with Gasteiger partial charge in [0.1, 0.15) is 17.3 Å². The largest absolute Gasteiger partial charge is 0.497 e. The van der Waals surface area contributed by atoms with Crippen molar-refractivity contribution < 1.29 is 18.4 Å². The average Bonchev–Trinajstić information content (AvgIpc) is 3.43. The van der Waals surface area contributed by atoms with Crippen molar-refractivity contribution in [3.05, 3.63) is 87.4 Å². The van der Waals surface area contributed by atoms with Crippen molar-refractivity contribution in [1.82, 2.24) is 10.3 Å². The molecule has 1 aliphatic rings. The quantitative estimate of drug-likeness (QED) is 0.340. The van der Waals surface area contributed by atoms with Gasteiger partial charge < -0.3 is 23.9 Å². The molecule has 6 rings (SSSR count). The highest BCUT2D eigenvalue weighted by Crippen LogP contribution is 2.37. The first-order valence-electron chi connectivity index (χ1n) is 12.1. The van der Waals surface area contributed by atoms with Crippen molar-refractivity contribution in [3.8, 4) is 17.1 Å². The molecule has 7 nitrogen and oxygen atoms in total. The summed E-state index contributed by atoms with van der Waals surface area (Å²) in [6, 6.07) is 16.7. The zero-order valence-corrected chi connectivity index (χ0v) is 20.1. The molecule has 0 bridgehead atoms. The predicted molar refractivity (Wildman–Crippen MR) is 137 cm³/mol. The van der Waals surface area contributed by atoms with E-state index in [0.29, 0.717) is 22.7 Å². The molecule has 0 aliphatic heterocycles. The third kappa shape index (κ3) is 3.77. The van der Waals surface area contributed by atoms with E-state index in [4.69, 9.17) is 13.6 Å². The van der Waals surface area contributed by atoms with E-state index in [1.54, 1.807) is 14.0 Å². The van der Waals surface area contributed by atoms with Gasteiger partial charge in [0.05, 0.1) is 25.1 Å². The van der Waals surface area contributed by atoms with Crippen molar-refractivity contribution >= 4 is 28.0 Å². The SMILES string of the molecule is COc1ccc2[nH]c3c(c2c1)CCCC3NC(=O)Cc1c(-c2ccccc2)oc2c(=O)cc(C)oc12. The lowest BCUT2D eigenvalue weighted by Gasteiger charge is -2.24. The number of methoxy groups -OCH3 is 1. The van der Waals surface area contributed by atoms with Gasteiger partial charge in [0, 0.05) is 28.2 Å². The van der Waals surface area contributed by atoms with Crippen LogP contribution in [0.1, 0.15) is 41.5 Å². The van der Waals surface area contributed by atoms with Gasteiger partial charge in [0.15, 0.2) is 5.58 Å². The highest BCUT2D eigenvalue weighted by molar-refractivity contribution is 5.91. The number of hydrogen-bond acceptors (Lipinski definition) is 5. The van der Waals surface area contributed by atoms with Crippen LogP contribution in [0.25, 0.3) is 33.4 Å². The molecule has 1 aliphatic carbocycles. The van der Waals surface area contributed by atoms with Crippen LogP contribution < -0.4 is 15.5 Å². The number of nitrogens with one attached hydrogen (secondary N) is 2. The van der Waals surface area contributed by atoms with E-state index in [2.05, 4.69) is 10.3 Å². The summed E-state index contributed by atoms with van der Waals surface area (Å²) in [5.74, 6) is 1.61. The molecule has 36 heavy (non-hydrogen) atoms. The van der Waals surface area contributed by atoms with Crippen LogP contribution in [0.4, 0.5) is 0 Å². The molecule has 5 aromatic rings. The fraction of sp³-hybridized carbons (Fsp3) is 0.241. The Morgan fingerprint density at radius 2 is 1.94 bits per heavy atom. The Labute approximate surface area is 207 Å². The first kappa shape index (κ1) is 22.2. The van der Waals surface area contributed by atoms with Gasteiger partial charge in [0.2, 0.25) is 16.9 Å². The maximum atomic E-state index is 13.4. The van der Waals surface area contributed by atoms with E-state index < -0.39 is 0 Å². The predicted octanol–water partition coefficient (Wildman–Crippen LogP) is 5.59. The normalized spacial score (nSPS) is 15.2. The number of H-pyrrole nitrogens is 1. The van der Waals surface area contributed by atoms with E-state index in [-0.39, 0.29) is 29.4 Å². The molecule has 7 heteroatoms. The third-order valence-corrected chi connectivity index (χ3v) is 6.90. The number of aromatic amines is 1. The topological polar surface area (TPSA) is 97.5 Å². The van der Waals surface area contributed by atoms with Gasteiger partial charge in [-0.2, -0.15) is 0 Å². The van der Waals surface area contributed by atoms with Crippen LogP contribution >= 0.6 is 0 Å². The lowest BCUT2D eigenvalue weighted by Crippen LogP contribution is -2.32. The molecule has 3 aromatic heterocycles. The smallest absolute Gasteiger partial charge is 0.228 e. The van der Waals surface area contributed by atoms with Crippen molar-refractivity contribution in [1.29, 1.82) is 0 Å². The van der Waals surface area contributed by atoms with Crippen LogP contribution in [0.15, 0.2) is 68.2 Å². The van der Waals surface area contributed by atoms with Crippen molar-refractivity contribution in [3.63, 3.8) is 0 Å². The van der Waals surface area contributed by atoms with E-state index in [1.807, 2.05) is 48.5 Å². The van der Waals surface area contributed by atoms with Gasteiger partial charge in [-0.3, -0.25) is 9.59 Å². The molecule has 182 valence electrons. The molecule has 0 saturated heterocycles. The van der Waals surface area contributed by atoms with Crippen LogP contribution in [-0.2, 0) is 17.6 Å². The maximum absolute atomic E-state index is 13.4. The summed E-state index contributed by atoms with van der Waals surface area (Å²) >= 11 is 0. The molecule has 1 unspecified atom stereocenters. The molecular weight excluding hydrogens is 456 g/mol. The third-order valence-electron chi connectivity index (χ3n) is 6.90. The Balaban J connectivity index is 1.35. The molecule has 0 fully saturated rings. The second-order valence-electron chi connectivity index (χ2n) is 9.27. The first-order valence-corrected chi connectivity index (χ1v) is 12.1. The minimum Gasteiger partial charge on any atom is -0.497 e. The lowest BCUT2D eigenvalue weighted by molar-refractivity contribution is -0.121. The zero-order valence-electron chi connectivity index (χ0n) is 20.1. The van der Waals surface area contributed by atoms with Crippen LogP contribution in [-0.4, -0.2) is 18.0 Å². The van der Waals surface area contributed by atoms with Crippen LogP contribution in [0.3, 0.4) is 0 Å². The Hall–Kier alpha value is -4.26. The van der Waals surface area contributed by atoms with Gasteiger partial charge >= 0.3 is 0 Å². The van der Waals surface area contributed by atoms with Gasteiger partial charge in [-0.05, 0) is 49.9 Å². The molecule has 2 aromatic carbocycles. The molecule has 0 saturated carbocycles. The van der Waals surface area contributed by atoms with Crippen LogP contribution in [0, 0.1) is 6.92 Å². The number of fused-ring (bicyclic) bond motifs is 4. The molecule has 1 atom stereocenters. The van der Waals surface area contributed by atoms with Gasteiger partial charge in [0.25, 0.3) is 0 Å². The fourth-order valence-corrected chi connectivity index (χ4v) is 5.26. The number of benzene rings is 2. The maximum Gasteiger partial charge on any atom is 0.228 e. The van der Waals surface area contributed by atoms with E-state index in [1.165, 1.54) is 11.6 Å². The second-order valence-corrected chi connectivity index (χ2v) is 9.27. The van der Waals surface area contributed by atoms with Gasteiger partial charge in [-0.25, -0.2) is 0 Å². The molecule has 1 amide bonds. The van der Waals surface area contributed by atoms with E-state index in [9.17, 15) is 9.59 Å². The van der Waals surface area contributed by atoms with Crippen LogP contribution in [0.5, 0.6) is 5.75 Å². The number of amides is 1. The van der Waals surface area contributed by atoms with Crippen molar-refractivity contribution in [2.75, 3.05) is 7.11 Å². The Morgan fingerprint density at radius 3 is 2.75 bits per heavy atom. The summed E-state index contributed by atoms with van der Waals surface area (Å²) in [4.78, 5) is 29.5. The number of carbonyl (C=O) groups is 1. The molecular formula is C29H26N2O5. The van der Waals surface area contributed by atoms with E-state index >= 15 is 0 Å². The molecule has 0 spiro atoms. The standard InChI is InChI=1S/C29H26N2O5/c1-16-13-24(32)29-28(35-16)21(27(36-29)17-7-4-3-5-8-17)15-25(33)30-23-10-6-9-19-20-14-18(34-2)11-12-22(20)31-26(19)23/h3-5,7-8,11-14,23,31H,6,9-10,15H2,1-2H3,(H,30,33). The number of aromatic nitrogens is 1. The second kappa shape index (κ2) is 8.75. The summed E-state index contributed by atoms with van der Waals surface area (Å²) < 4.78 is 17.3. The fourth-order valence-electron chi connectivity index (χ4n) is 5.26. The van der Waals surface area contributed by atoms with Gasteiger partial charge in [-0.15, -0.1) is 0 Å². The molecule has 0 radical (unpaired) electrons. The number of furan rings is 1. The number of carbonyl (C=O) groups excluding carboxylic acids is 1. The van der Waals surface area contributed by atoms with Crippen LogP contribution in [0.2, 0.25) is 0 Å². The Morgan fingerprint density at radius 1 is 1.11 bits per heavy atom. The average molecular weight is 483 g/mol.